The predicted molar refractivity (Wildman–Crippen MR) is 69.5 cm³/mol. The summed E-state index contributed by atoms with van der Waals surface area (Å²) < 4.78 is 19.1. The Balaban J connectivity index is 2.00. The smallest absolute Gasteiger partial charge is 0.205 e. The number of nitrogens with zero attached hydrogens (tertiary/aromatic N) is 2. The molecule has 1 aromatic carbocycles. The molecule has 6 heteroatoms. The van der Waals surface area contributed by atoms with Crippen molar-refractivity contribution in [1.82, 2.24) is 10.2 Å². The zero-order chi connectivity index (χ0) is 13.0. The van der Waals surface area contributed by atoms with Crippen LogP contribution >= 0.6 is 11.3 Å². The molecule has 0 saturated carbocycles. The first kappa shape index (κ1) is 12.8. The zero-order valence-electron chi connectivity index (χ0n) is 10.2. The number of halogens is 1. The fourth-order valence-corrected chi connectivity index (χ4v) is 2.13. The summed E-state index contributed by atoms with van der Waals surface area (Å²) in [5.41, 5.74) is 0.568. The van der Waals surface area contributed by atoms with Gasteiger partial charge in [0.05, 0.1) is 0 Å². The van der Waals surface area contributed by atoms with Crippen molar-refractivity contribution < 1.29 is 9.13 Å². The molecule has 0 radical (unpaired) electrons. The van der Waals surface area contributed by atoms with E-state index in [0.29, 0.717) is 10.6 Å². The lowest BCUT2D eigenvalue weighted by Crippen LogP contribution is -1.98. The third-order valence-corrected chi connectivity index (χ3v) is 3.16. The zero-order valence-corrected chi connectivity index (χ0v) is 11.1. The van der Waals surface area contributed by atoms with E-state index < -0.39 is 0 Å². The molecule has 0 bridgehead atoms. The van der Waals surface area contributed by atoms with Crippen LogP contribution in [0.1, 0.15) is 17.5 Å². The van der Waals surface area contributed by atoms with Gasteiger partial charge in [0.2, 0.25) is 5.13 Å². The number of hydrogen-bond donors (Lipinski definition) is 1. The number of aryl methyl sites for hydroxylation is 1. The van der Waals surface area contributed by atoms with Crippen LogP contribution in [0.2, 0.25) is 0 Å². The summed E-state index contributed by atoms with van der Waals surface area (Å²) in [6.07, 6.45) is 0. The van der Waals surface area contributed by atoms with Gasteiger partial charge in [0.25, 0.3) is 0 Å². The minimum absolute atomic E-state index is 0.226. The molecular weight excluding hydrogens is 253 g/mol. The van der Waals surface area contributed by atoms with Gasteiger partial charge in [-0.1, -0.05) is 23.5 Å². The van der Waals surface area contributed by atoms with Crippen molar-refractivity contribution in [2.24, 2.45) is 0 Å². The van der Waals surface area contributed by atoms with E-state index in [-0.39, 0.29) is 18.2 Å². The Hall–Kier alpha value is -1.69. The molecule has 0 aliphatic carbocycles. The molecule has 18 heavy (non-hydrogen) atoms. The highest BCUT2D eigenvalue weighted by atomic mass is 32.1. The van der Waals surface area contributed by atoms with Crippen LogP contribution in [0.3, 0.4) is 0 Å². The van der Waals surface area contributed by atoms with Gasteiger partial charge in [-0.2, -0.15) is 0 Å². The summed E-state index contributed by atoms with van der Waals surface area (Å²) in [4.78, 5) is 0. The highest BCUT2D eigenvalue weighted by Gasteiger charge is 2.08. The maximum absolute atomic E-state index is 13.7. The molecule has 1 aromatic heterocycles. The van der Waals surface area contributed by atoms with Gasteiger partial charge in [0.1, 0.15) is 6.61 Å². The number of ether oxygens (including phenoxy) is 1. The lowest BCUT2D eigenvalue weighted by molar-refractivity contribution is 0.288. The average Bonchev–Trinajstić information content (AvgIpc) is 2.79. The van der Waals surface area contributed by atoms with Crippen molar-refractivity contribution in [2.45, 2.75) is 20.5 Å². The van der Waals surface area contributed by atoms with E-state index >= 15 is 0 Å². The van der Waals surface area contributed by atoms with Gasteiger partial charge in [-0.05, 0) is 25.5 Å². The molecule has 2 rings (SSSR count). The van der Waals surface area contributed by atoms with Crippen LogP contribution in [-0.4, -0.2) is 16.7 Å². The van der Waals surface area contributed by atoms with Crippen LogP contribution < -0.4 is 10.1 Å². The summed E-state index contributed by atoms with van der Waals surface area (Å²) in [6.45, 7) is 4.71. The molecule has 0 unspecified atom stereocenters. The number of hydrogen-bond acceptors (Lipinski definition) is 5. The van der Waals surface area contributed by atoms with Gasteiger partial charge in [-0.15, -0.1) is 10.2 Å². The quantitative estimate of drug-likeness (QED) is 0.904. The van der Waals surface area contributed by atoms with Gasteiger partial charge in [0.15, 0.2) is 16.6 Å². The number of aromatic nitrogens is 2. The SMILES string of the molecule is CCNc1nnc(COc2cccc(C)c2F)s1. The molecule has 0 spiro atoms. The van der Waals surface area contributed by atoms with Crippen LogP contribution in [0.5, 0.6) is 5.75 Å². The minimum atomic E-state index is -0.325. The molecular formula is C12H14FN3OS. The van der Waals surface area contributed by atoms with Crippen LogP contribution in [-0.2, 0) is 6.61 Å². The Morgan fingerprint density at radius 1 is 1.39 bits per heavy atom. The third kappa shape index (κ3) is 2.95. The molecule has 4 nitrogen and oxygen atoms in total. The van der Waals surface area contributed by atoms with Crippen molar-refractivity contribution in [2.75, 3.05) is 11.9 Å². The molecule has 1 heterocycles. The highest BCUT2D eigenvalue weighted by Crippen LogP contribution is 2.22. The summed E-state index contributed by atoms with van der Waals surface area (Å²) in [5, 5.41) is 12.4. The van der Waals surface area contributed by atoms with Crippen LogP contribution in [0.4, 0.5) is 9.52 Å². The van der Waals surface area contributed by atoms with Crippen LogP contribution in [0.25, 0.3) is 0 Å². The summed E-state index contributed by atoms with van der Waals surface area (Å²) >= 11 is 1.41. The normalized spacial score (nSPS) is 10.4. The first-order valence-electron chi connectivity index (χ1n) is 5.65. The fourth-order valence-electron chi connectivity index (χ4n) is 1.41. The van der Waals surface area contributed by atoms with Crippen molar-refractivity contribution in [3.63, 3.8) is 0 Å². The van der Waals surface area contributed by atoms with Crippen molar-refractivity contribution in [1.29, 1.82) is 0 Å². The average molecular weight is 267 g/mol. The molecule has 2 aromatic rings. The van der Waals surface area contributed by atoms with E-state index in [4.69, 9.17) is 4.74 Å². The molecule has 0 fully saturated rings. The van der Waals surface area contributed by atoms with Crippen LogP contribution in [0, 0.1) is 12.7 Å². The van der Waals surface area contributed by atoms with Gasteiger partial charge in [0, 0.05) is 6.54 Å². The van der Waals surface area contributed by atoms with Gasteiger partial charge >= 0.3 is 0 Å². The van der Waals surface area contributed by atoms with E-state index in [9.17, 15) is 4.39 Å². The topological polar surface area (TPSA) is 47.0 Å². The number of benzene rings is 1. The lowest BCUT2D eigenvalue weighted by atomic mass is 10.2. The largest absolute Gasteiger partial charge is 0.483 e. The highest BCUT2D eigenvalue weighted by molar-refractivity contribution is 7.15. The first-order chi connectivity index (χ1) is 8.70. The Labute approximate surface area is 109 Å². The Morgan fingerprint density at radius 2 is 2.22 bits per heavy atom. The maximum atomic E-state index is 13.7. The molecule has 0 aliphatic heterocycles. The predicted octanol–water partition coefficient (Wildman–Crippen LogP) is 3.00. The van der Waals surface area contributed by atoms with Crippen LogP contribution in [0.15, 0.2) is 18.2 Å². The van der Waals surface area contributed by atoms with E-state index in [0.717, 1.165) is 11.7 Å². The summed E-state index contributed by atoms with van der Waals surface area (Å²) in [6, 6.07) is 5.07. The van der Waals surface area contributed by atoms with Crippen molar-refractivity contribution in [3.8, 4) is 5.75 Å². The number of nitrogens with one attached hydrogen (secondary N) is 1. The standard InChI is InChI=1S/C12H14FN3OS/c1-3-14-12-16-15-10(18-12)7-17-9-6-4-5-8(2)11(9)13/h4-6H,3,7H2,1-2H3,(H,14,16). The molecule has 0 aliphatic rings. The Morgan fingerprint density at radius 3 is 3.00 bits per heavy atom. The monoisotopic (exact) mass is 267 g/mol. The molecule has 1 N–H and O–H groups in total. The van der Waals surface area contributed by atoms with Gasteiger partial charge in [-0.25, -0.2) is 4.39 Å². The van der Waals surface area contributed by atoms with E-state index in [1.165, 1.54) is 11.3 Å². The molecule has 96 valence electrons. The number of anilines is 1. The van der Waals surface area contributed by atoms with E-state index in [2.05, 4.69) is 15.5 Å². The van der Waals surface area contributed by atoms with Crippen molar-refractivity contribution >= 4 is 16.5 Å². The van der Waals surface area contributed by atoms with E-state index in [1.54, 1.807) is 25.1 Å². The Kier molecular flexibility index (Phi) is 4.09. The minimum Gasteiger partial charge on any atom is -0.483 e. The summed E-state index contributed by atoms with van der Waals surface area (Å²) in [5.74, 6) is -0.0795. The first-order valence-corrected chi connectivity index (χ1v) is 6.46. The second kappa shape index (κ2) is 5.77. The lowest BCUT2D eigenvalue weighted by Gasteiger charge is -2.06. The van der Waals surface area contributed by atoms with E-state index in [1.807, 2.05) is 6.92 Å². The molecule has 0 saturated heterocycles. The number of rotatable bonds is 5. The molecule has 0 amide bonds. The maximum Gasteiger partial charge on any atom is 0.205 e. The summed E-state index contributed by atoms with van der Waals surface area (Å²) in [7, 11) is 0. The third-order valence-electron chi connectivity index (χ3n) is 2.30. The fraction of sp³-hybridized carbons (Fsp3) is 0.333. The molecule has 0 atom stereocenters. The second-order valence-electron chi connectivity index (χ2n) is 3.71. The van der Waals surface area contributed by atoms with Gasteiger partial charge < -0.3 is 10.1 Å². The second-order valence-corrected chi connectivity index (χ2v) is 4.77. The van der Waals surface area contributed by atoms with Crippen molar-refractivity contribution in [3.05, 3.63) is 34.6 Å². The van der Waals surface area contributed by atoms with Gasteiger partial charge in [-0.3, -0.25) is 0 Å². The Bertz CT molecular complexity index is 530.